The van der Waals surface area contributed by atoms with E-state index in [2.05, 4.69) is 26.9 Å². The van der Waals surface area contributed by atoms with Gasteiger partial charge in [0.1, 0.15) is 17.7 Å². The maximum atomic E-state index is 15.1. The number of benzene rings is 1. The van der Waals surface area contributed by atoms with Crippen LogP contribution in [0.1, 0.15) is 43.2 Å². The fourth-order valence-electron chi connectivity index (χ4n) is 5.01. The number of aromatic nitrogens is 3. The number of ether oxygens (including phenoxy) is 1. The molecule has 0 N–H and O–H groups in total. The molecule has 0 aliphatic carbocycles. The summed E-state index contributed by atoms with van der Waals surface area (Å²) in [6.07, 6.45) is 7.18. The first-order chi connectivity index (χ1) is 16.7. The first-order valence-corrected chi connectivity index (χ1v) is 13.9. The van der Waals surface area contributed by atoms with E-state index in [1.807, 2.05) is 6.07 Å². The molecule has 2 aliphatic rings. The van der Waals surface area contributed by atoms with Gasteiger partial charge in [-0.05, 0) is 55.5 Å². The van der Waals surface area contributed by atoms with E-state index in [1.54, 1.807) is 6.20 Å². The van der Waals surface area contributed by atoms with Gasteiger partial charge in [0.25, 0.3) is 5.95 Å². The molecule has 35 heavy (non-hydrogen) atoms. The third kappa shape index (κ3) is 4.63. The summed E-state index contributed by atoms with van der Waals surface area (Å²) in [6.45, 7) is 5.24. The molecule has 10 heteroatoms. The number of fused-ring (bicyclic) bond motifs is 1. The summed E-state index contributed by atoms with van der Waals surface area (Å²) < 4.78 is 50.4. The standard InChI is InChI=1S/C25H29FN4O4S/c1-4-5-23-28-25(29-34-23)30-10-8-16(9-11-30)20-13-17-12-19(27-14-21(17)33-20)18-6-7-22(35(3,31)32)15(2)24(18)26/h6-7,12,14,16,20H,4-5,8-11,13H2,1-3H3. The molecule has 0 bridgehead atoms. The van der Waals surface area contributed by atoms with E-state index in [4.69, 9.17) is 9.26 Å². The van der Waals surface area contributed by atoms with Crippen molar-refractivity contribution in [2.24, 2.45) is 5.92 Å². The van der Waals surface area contributed by atoms with E-state index in [-0.39, 0.29) is 22.1 Å². The van der Waals surface area contributed by atoms with Crippen molar-refractivity contribution >= 4 is 15.8 Å². The molecular formula is C25H29FN4O4S. The Morgan fingerprint density at radius 2 is 2.00 bits per heavy atom. The summed E-state index contributed by atoms with van der Waals surface area (Å²) in [7, 11) is -3.50. The highest BCUT2D eigenvalue weighted by molar-refractivity contribution is 7.90. The molecule has 0 saturated carbocycles. The molecule has 3 aromatic rings. The average Bonchev–Trinajstić information content (AvgIpc) is 3.47. The predicted octanol–water partition coefficient (Wildman–Crippen LogP) is 4.16. The minimum atomic E-state index is -3.50. The Bertz CT molecular complexity index is 1350. The fraction of sp³-hybridized carbons (Fsp3) is 0.480. The van der Waals surface area contributed by atoms with Crippen LogP contribution in [0.15, 0.2) is 33.8 Å². The van der Waals surface area contributed by atoms with E-state index < -0.39 is 15.7 Å². The zero-order valence-corrected chi connectivity index (χ0v) is 20.9. The number of nitrogens with zero attached hydrogens (tertiary/aromatic N) is 4. The van der Waals surface area contributed by atoms with Crippen molar-refractivity contribution in [3.8, 4) is 17.0 Å². The van der Waals surface area contributed by atoms with Crippen LogP contribution < -0.4 is 9.64 Å². The van der Waals surface area contributed by atoms with Crippen LogP contribution in [0, 0.1) is 18.7 Å². The van der Waals surface area contributed by atoms with Crippen LogP contribution in [0.2, 0.25) is 0 Å². The summed E-state index contributed by atoms with van der Waals surface area (Å²) in [5.74, 6) is 1.90. The average molecular weight is 501 g/mol. The maximum absolute atomic E-state index is 15.1. The molecule has 4 heterocycles. The van der Waals surface area contributed by atoms with Gasteiger partial charge in [0, 0.05) is 48.9 Å². The molecule has 1 atom stereocenters. The molecule has 1 saturated heterocycles. The van der Waals surface area contributed by atoms with E-state index in [0.29, 0.717) is 23.5 Å². The first kappa shape index (κ1) is 23.7. The van der Waals surface area contributed by atoms with Crippen molar-refractivity contribution in [1.29, 1.82) is 0 Å². The van der Waals surface area contributed by atoms with Crippen LogP contribution in [0.25, 0.3) is 11.3 Å². The Labute approximate surface area is 204 Å². The van der Waals surface area contributed by atoms with E-state index >= 15 is 4.39 Å². The molecule has 2 aliphatic heterocycles. The van der Waals surface area contributed by atoms with Gasteiger partial charge in [-0.3, -0.25) is 4.98 Å². The van der Waals surface area contributed by atoms with Gasteiger partial charge >= 0.3 is 0 Å². The SMILES string of the molecule is CCCc1nc(N2CCC(C3Cc4cc(-c5ccc(S(C)(=O)=O)c(C)c5F)ncc4O3)CC2)no1. The predicted molar refractivity (Wildman–Crippen MR) is 129 cm³/mol. The van der Waals surface area contributed by atoms with E-state index in [0.717, 1.165) is 62.8 Å². The monoisotopic (exact) mass is 500 g/mol. The van der Waals surface area contributed by atoms with Gasteiger partial charge in [-0.2, -0.15) is 4.98 Å². The second-order valence-electron chi connectivity index (χ2n) is 9.42. The van der Waals surface area contributed by atoms with Crippen LogP contribution in [-0.2, 0) is 22.7 Å². The Kier molecular flexibility index (Phi) is 6.25. The summed E-state index contributed by atoms with van der Waals surface area (Å²) >= 11 is 0. The summed E-state index contributed by atoms with van der Waals surface area (Å²) in [5, 5.41) is 4.12. The molecule has 1 fully saturated rings. The van der Waals surface area contributed by atoms with Gasteiger partial charge in [-0.15, -0.1) is 0 Å². The van der Waals surface area contributed by atoms with Gasteiger partial charge < -0.3 is 14.2 Å². The highest BCUT2D eigenvalue weighted by Crippen LogP contribution is 2.38. The van der Waals surface area contributed by atoms with Crippen LogP contribution in [0.4, 0.5) is 10.3 Å². The largest absolute Gasteiger partial charge is 0.488 e. The molecule has 0 radical (unpaired) electrons. The number of hydrogen-bond donors (Lipinski definition) is 0. The van der Waals surface area contributed by atoms with E-state index in [9.17, 15) is 8.42 Å². The summed E-state index contributed by atoms with van der Waals surface area (Å²) in [6, 6.07) is 4.79. The molecule has 2 aromatic heterocycles. The highest BCUT2D eigenvalue weighted by Gasteiger charge is 2.34. The molecule has 8 nitrogen and oxygen atoms in total. The van der Waals surface area contributed by atoms with Gasteiger partial charge in [-0.25, -0.2) is 12.8 Å². The number of hydrogen-bond acceptors (Lipinski definition) is 8. The number of sulfone groups is 1. The summed E-state index contributed by atoms with van der Waals surface area (Å²) in [4.78, 5) is 11.1. The smallest absolute Gasteiger partial charge is 0.266 e. The second-order valence-corrected chi connectivity index (χ2v) is 11.4. The van der Waals surface area contributed by atoms with Crippen LogP contribution >= 0.6 is 0 Å². The zero-order valence-electron chi connectivity index (χ0n) is 20.1. The molecule has 0 amide bonds. The lowest BCUT2D eigenvalue weighted by Gasteiger charge is -2.33. The fourth-order valence-corrected chi connectivity index (χ4v) is 5.97. The third-order valence-corrected chi connectivity index (χ3v) is 8.17. The van der Waals surface area contributed by atoms with Gasteiger partial charge in [-0.1, -0.05) is 6.92 Å². The summed E-state index contributed by atoms with van der Waals surface area (Å²) in [5.41, 5.74) is 1.87. The Hall–Kier alpha value is -3.01. The van der Waals surface area contributed by atoms with Gasteiger partial charge in [0.15, 0.2) is 9.84 Å². The molecule has 1 unspecified atom stereocenters. The Morgan fingerprint density at radius 1 is 1.23 bits per heavy atom. The molecule has 1 aromatic carbocycles. The lowest BCUT2D eigenvalue weighted by atomic mass is 9.89. The minimum absolute atomic E-state index is 0.00272. The number of rotatable bonds is 6. The minimum Gasteiger partial charge on any atom is -0.488 e. The lowest BCUT2D eigenvalue weighted by Crippen LogP contribution is -2.39. The van der Waals surface area contributed by atoms with Crippen molar-refractivity contribution in [2.75, 3.05) is 24.2 Å². The Balaban J connectivity index is 1.27. The first-order valence-electron chi connectivity index (χ1n) is 12.0. The normalized spacial score (nSPS) is 18.5. The number of halogens is 1. The van der Waals surface area contributed by atoms with Crippen molar-refractivity contribution in [1.82, 2.24) is 15.1 Å². The number of pyridine rings is 1. The van der Waals surface area contributed by atoms with Crippen LogP contribution in [0.5, 0.6) is 5.75 Å². The van der Waals surface area contributed by atoms with Crippen molar-refractivity contribution in [3.05, 3.63) is 47.2 Å². The van der Waals surface area contributed by atoms with Gasteiger partial charge in [0.05, 0.1) is 16.8 Å². The topological polar surface area (TPSA) is 98.4 Å². The Morgan fingerprint density at radius 3 is 2.71 bits per heavy atom. The third-order valence-electron chi connectivity index (χ3n) is 6.93. The maximum Gasteiger partial charge on any atom is 0.266 e. The van der Waals surface area contributed by atoms with Crippen molar-refractivity contribution in [3.63, 3.8) is 0 Å². The molecule has 5 rings (SSSR count). The van der Waals surface area contributed by atoms with Crippen molar-refractivity contribution in [2.45, 2.75) is 57.0 Å². The van der Waals surface area contributed by atoms with Crippen molar-refractivity contribution < 1.29 is 22.1 Å². The quantitative estimate of drug-likeness (QED) is 0.498. The molecule has 0 spiro atoms. The highest BCUT2D eigenvalue weighted by atomic mass is 32.2. The lowest BCUT2D eigenvalue weighted by molar-refractivity contribution is 0.138. The van der Waals surface area contributed by atoms with E-state index in [1.165, 1.54) is 19.1 Å². The second kappa shape index (κ2) is 9.22. The number of anilines is 1. The van der Waals surface area contributed by atoms with Crippen LogP contribution in [0.3, 0.4) is 0 Å². The molecular weight excluding hydrogens is 471 g/mol. The van der Waals surface area contributed by atoms with Crippen LogP contribution in [-0.4, -0.2) is 49.0 Å². The number of aryl methyl sites for hydroxylation is 1. The zero-order chi connectivity index (χ0) is 24.7. The van der Waals surface area contributed by atoms with Gasteiger partial charge in [0.2, 0.25) is 5.89 Å². The molecule has 186 valence electrons. The number of piperidine rings is 1.